The highest BCUT2D eigenvalue weighted by atomic mass is 32.1. The third kappa shape index (κ3) is 3.57. The molecule has 0 aliphatic carbocycles. The molecule has 1 aliphatic rings. The minimum atomic E-state index is -0.596. The van der Waals surface area contributed by atoms with Gasteiger partial charge in [-0.1, -0.05) is 41.2 Å². The number of hydrogen-bond acceptors (Lipinski definition) is 6. The van der Waals surface area contributed by atoms with Crippen molar-refractivity contribution in [1.29, 1.82) is 0 Å². The number of aromatic nitrogens is 1. The molecular weight excluding hydrogens is 400 g/mol. The molecule has 1 aliphatic heterocycles. The normalized spacial score (nSPS) is 16.4. The van der Waals surface area contributed by atoms with E-state index in [1.807, 2.05) is 50.2 Å². The van der Waals surface area contributed by atoms with Crippen molar-refractivity contribution in [2.24, 2.45) is 4.99 Å². The first kappa shape index (κ1) is 20.1. The third-order valence-corrected chi connectivity index (χ3v) is 5.93. The highest BCUT2D eigenvalue weighted by Crippen LogP contribution is 2.30. The number of ether oxygens (including phenoxy) is 1. The molecule has 4 rings (SSSR count). The van der Waals surface area contributed by atoms with Crippen LogP contribution in [0.15, 0.2) is 61.9 Å². The van der Waals surface area contributed by atoms with Crippen LogP contribution in [0.25, 0.3) is 6.08 Å². The van der Waals surface area contributed by atoms with Gasteiger partial charge in [0.2, 0.25) is 0 Å². The number of fused-ring (bicyclic) bond motifs is 1. The molecule has 30 heavy (non-hydrogen) atoms. The lowest BCUT2D eigenvalue weighted by molar-refractivity contribution is -0.139. The number of allylic oxidation sites excluding steroid dienone is 1. The summed E-state index contributed by atoms with van der Waals surface area (Å²) in [6.07, 6.45) is 1.71. The van der Waals surface area contributed by atoms with E-state index in [1.165, 1.54) is 11.3 Å². The van der Waals surface area contributed by atoms with Crippen LogP contribution < -0.4 is 14.9 Å². The van der Waals surface area contributed by atoms with Gasteiger partial charge < -0.3 is 9.15 Å². The molecule has 1 aromatic carbocycles. The van der Waals surface area contributed by atoms with Gasteiger partial charge in [-0.3, -0.25) is 9.36 Å². The summed E-state index contributed by atoms with van der Waals surface area (Å²) in [5, 5.41) is 0. The van der Waals surface area contributed by atoms with Crippen LogP contribution >= 0.6 is 11.3 Å². The topological polar surface area (TPSA) is 73.8 Å². The van der Waals surface area contributed by atoms with E-state index in [0.717, 1.165) is 16.9 Å². The zero-order valence-electron chi connectivity index (χ0n) is 17.3. The van der Waals surface area contributed by atoms with Crippen LogP contribution in [0.3, 0.4) is 0 Å². The van der Waals surface area contributed by atoms with Crippen molar-refractivity contribution in [3.05, 3.63) is 90.0 Å². The Hall–Kier alpha value is -3.19. The first-order chi connectivity index (χ1) is 14.4. The largest absolute Gasteiger partial charge is 0.463 e. The molecule has 0 bridgehead atoms. The average molecular weight is 423 g/mol. The number of benzene rings is 1. The third-order valence-electron chi connectivity index (χ3n) is 4.94. The SMILES string of the molecule is CCOC(=O)C1=C(C)N=c2sc(=Cc3ccc(C)o3)c(=O)n2[C@H]1c1ccc(C)cc1. The van der Waals surface area contributed by atoms with Crippen LogP contribution in [0.4, 0.5) is 0 Å². The first-order valence-electron chi connectivity index (χ1n) is 9.71. The summed E-state index contributed by atoms with van der Waals surface area (Å²) >= 11 is 1.28. The molecule has 0 radical (unpaired) electrons. The average Bonchev–Trinajstić information content (AvgIpc) is 3.24. The summed E-state index contributed by atoms with van der Waals surface area (Å²) in [4.78, 5) is 31.3. The molecule has 0 saturated carbocycles. The number of nitrogens with zero attached hydrogens (tertiary/aromatic N) is 2. The molecule has 1 atom stereocenters. The fourth-order valence-electron chi connectivity index (χ4n) is 3.52. The maximum Gasteiger partial charge on any atom is 0.338 e. The van der Waals surface area contributed by atoms with Gasteiger partial charge in [-0.25, -0.2) is 9.79 Å². The van der Waals surface area contributed by atoms with Crippen LogP contribution in [0.1, 0.15) is 42.5 Å². The van der Waals surface area contributed by atoms with Crippen LogP contribution in [0.2, 0.25) is 0 Å². The van der Waals surface area contributed by atoms with E-state index in [9.17, 15) is 9.59 Å². The number of hydrogen-bond donors (Lipinski definition) is 0. The lowest BCUT2D eigenvalue weighted by Crippen LogP contribution is -2.39. The van der Waals surface area contributed by atoms with Crippen molar-refractivity contribution in [3.8, 4) is 0 Å². The Morgan fingerprint density at radius 3 is 2.57 bits per heavy atom. The molecule has 3 heterocycles. The molecular formula is C23H22N2O4S. The van der Waals surface area contributed by atoms with Gasteiger partial charge in [0.1, 0.15) is 11.5 Å². The van der Waals surface area contributed by atoms with Crippen LogP contribution in [-0.4, -0.2) is 17.1 Å². The Balaban J connectivity index is 1.96. The number of rotatable bonds is 4. The molecule has 0 unspecified atom stereocenters. The summed E-state index contributed by atoms with van der Waals surface area (Å²) in [5.74, 6) is 0.915. The Labute approximate surface area is 177 Å². The fourth-order valence-corrected chi connectivity index (χ4v) is 4.54. The minimum Gasteiger partial charge on any atom is -0.463 e. The number of thiazole rings is 1. The molecule has 0 fully saturated rings. The van der Waals surface area contributed by atoms with Gasteiger partial charge in [-0.15, -0.1) is 0 Å². The smallest absolute Gasteiger partial charge is 0.338 e. The predicted octanol–water partition coefficient (Wildman–Crippen LogP) is 3.01. The summed E-state index contributed by atoms with van der Waals surface area (Å²) in [6.45, 7) is 7.63. The van der Waals surface area contributed by atoms with Crippen molar-refractivity contribution in [2.75, 3.05) is 6.61 Å². The Morgan fingerprint density at radius 2 is 1.93 bits per heavy atom. The standard InChI is InChI=1S/C23H22N2O4S/c1-5-28-22(27)19-15(4)24-23-25(20(19)16-9-6-13(2)7-10-16)21(26)18(30-23)12-17-11-8-14(3)29-17/h6-12,20H,5H2,1-4H3/t20-/m0/s1. The van der Waals surface area contributed by atoms with E-state index in [0.29, 0.717) is 26.4 Å². The van der Waals surface area contributed by atoms with Gasteiger partial charge >= 0.3 is 5.97 Å². The van der Waals surface area contributed by atoms with Crippen LogP contribution in [-0.2, 0) is 9.53 Å². The number of furan rings is 1. The summed E-state index contributed by atoms with van der Waals surface area (Å²) in [5.41, 5.74) is 2.65. The molecule has 0 saturated heterocycles. The van der Waals surface area contributed by atoms with E-state index in [4.69, 9.17) is 9.15 Å². The highest BCUT2D eigenvalue weighted by molar-refractivity contribution is 7.07. The second-order valence-corrected chi connectivity index (χ2v) is 8.17. The number of carbonyl (C=O) groups excluding carboxylic acids is 1. The predicted molar refractivity (Wildman–Crippen MR) is 115 cm³/mol. The molecule has 154 valence electrons. The molecule has 6 nitrogen and oxygen atoms in total. The second-order valence-electron chi connectivity index (χ2n) is 7.16. The number of esters is 1. The van der Waals surface area contributed by atoms with E-state index in [1.54, 1.807) is 24.5 Å². The van der Waals surface area contributed by atoms with Gasteiger partial charge in [0.25, 0.3) is 5.56 Å². The zero-order valence-corrected chi connectivity index (χ0v) is 18.1. The van der Waals surface area contributed by atoms with Gasteiger partial charge in [-0.2, -0.15) is 0 Å². The fraction of sp³-hybridized carbons (Fsp3) is 0.261. The zero-order chi connectivity index (χ0) is 21.4. The lowest BCUT2D eigenvalue weighted by Gasteiger charge is -2.24. The van der Waals surface area contributed by atoms with Crippen molar-refractivity contribution in [2.45, 2.75) is 33.7 Å². The van der Waals surface area contributed by atoms with Gasteiger partial charge in [-0.05, 0) is 45.4 Å². The van der Waals surface area contributed by atoms with E-state index in [-0.39, 0.29) is 12.2 Å². The second kappa shape index (κ2) is 7.91. The summed E-state index contributed by atoms with van der Waals surface area (Å²) in [7, 11) is 0. The maximum absolute atomic E-state index is 13.4. The van der Waals surface area contributed by atoms with Crippen molar-refractivity contribution >= 4 is 23.4 Å². The van der Waals surface area contributed by atoms with Crippen molar-refractivity contribution in [1.82, 2.24) is 4.57 Å². The molecule has 7 heteroatoms. The van der Waals surface area contributed by atoms with Gasteiger partial charge in [0, 0.05) is 6.08 Å². The van der Waals surface area contributed by atoms with Crippen LogP contribution in [0, 0.1) is 13.8 Å². The molecule has 0 N–H and O–H groups in total. The highest BCUT2D eigenvalue weighted by Gasteiger charge is 2.33. The first-order valence-corrected chi connectivity index (χ1v) is 10.5. The Morgan fingerprint density at radius 1 is 1.20 bits per heavy atom. The molecule has 0 spiro atoms. The van der Waals surface area contributed by atoms with E-state index < -0.39 is 12.0 Å². The molecule has 2 aromatic heterocycles. The molecule has 3 aromatic rings. The monoisotopic (exact) mass is 422 g/mol. The Kier molecular flexibility index (Phi) is 5.30. The number of carbonyl (C=O) groups is 1. The van der Waals surface area contributed by atoms with Crippen LogP contribution in [0.5, 0.6) is 0 Å². The van der Waals surface area contributed by atoms with E-state index in [2.05, 4.69) is 4.99 Å². The van der Waals surface area contributed by atoms with Gasteiger partial charge in [0.05, 0.1) is 28.5 Å². The number of aryl methyl sites for hydroxylation is 2. The minimum absolute atomic E-state index is 0.215. The summed E-state index contributed by atoms with van der Waals surface area (Å²) in [6, 6.07) is 10.9. The quantitative estimate of drug-likeness (QED) is 0.606. The Bertz CT molecular complexity index is 1320. The maximum atomic E-state index is 13.4. The van der Waals surface area contributed by atoms with E-state index >= 15 is 0 Å². The summed E-state index contributed by atoms with van der Waals surface area (Å²) < 4.78 is 13.0. The van der Waals surface area contributed by atoms with Gasteiger partial charge in [0.15, 0.2) is 4.80 Å². The lowest BCUT2D eigenvalue weighted by atomic mass is 9.95. The van der Waals surface area contributed by atoms with Crippen molar-refractivity contribution in [3.63, 3.8) is 0 Å². The molecule has 0 amide bonds. The van der Waals surface area contributed by atoms with Crippen molar-refractivity contribution < 1.29 is 13.9 Å².